The van der Waals surface area contributed by atoms with Crippen molar-refractivity contribution in [3.8, 4) is 11.8 Å². The molecule has 1 saturated heterocycles. The summed E-state index contributed by atoms with van der Waals surface area (Å²) in [6.07, 6.45) is 0.121. The van der Waals surface area contributed by atoms with Crippen molar-refractivity contribution in [1.82, 2.24) is 19.5 Å². The van der Waals surface area contributed by atoms with E-state index < -0.39 is 31.1 Å². The van der Waals surface area contributed by atoms with Crippen LogP contribution in [-0.2, 0) is 4.74 Å². The quantitative estimate of drug-likeness (QED) is 0.434. The summed E-state index contributed by atoms with van der Waals surface area (Å²) in [6, 6.07) is 0. The van der Waals surface area contributed by atoms with Crippen LogP contribution in [0.5, 0.6) is 0 Å². The molecule has 0 aromatic carbocycles. The molecule has 3 heterocycles. The first-order valence-corrected chi connectivity index (χ1v) is 8.64. The zero-order valence-corrected chi connectivity index (χ0v) is 14.8. The summed E-state index contributed by atoms with van der Waals surface area (Å²) in [7, 11) is 1.72. The summed E-state index contributed by atoms with van der Waals surface area (Å²) in [4.78, 5) is 13.1. The van der Waals surface area contributed by atoms with Crippen LogP contribution in [-0.4, -0.2) is 66.8 Å². The van der Waals surface area contributed by atoms with Crippen LogP contribution in [0.4, 0.5) is 5.82 Å². The fourth-order valence-corrected chi connectivity index (χ4v) is 2.85. The summed E-state index contributed by atoms with van der Waals surface area (Å²) in [5, 5.41) is 32.5. The second-order valence-corrected chi connectivity index (χ2v) is 6.10. The maximum absolute atomic E-state index is 10.3. The number of nitrogens with zero attached hydrogens (tertiary/aromatic N) is 4. The number of fused-ring (bicyclic) bond motifs is 1. The minimum atomic E-state index is -1.21. The van der Waals surface area contributed by atoms with E-state index in [0.29, 0.717) is 22.8 Å². The van der Waals surface area contributed by atoms with Gasteiger partial charge >= 0.3 is 0 Å². The number of hydrogen-bond acceptors (Lipinski definition) is 8. The normalized spacial score (nSPS) is 25.3. The fraction of sp³-hybridized carbons (Fsp3) is 0.588. The van der Waals surface area contributed by atoms with Crippen LogP contribution in [0.25, 0.3) is 11.2 Å². The van der Waals surface area contributed by atoms with Gasteiger partial charge in [-0.25, -0.2) is 15.0 Å². The van der Waals surface area contributed by atoms with Crippen molar-refractivity contribution >= 4 is 17.0 Å². The molecule has 1 fully saturated rings. The van der Waals surface area contributed by atoms with Crippen molar-refractivity contribution < 1.29 is 20.1 Å². The summed E-state index contributed by atoms with van der Waals surface area (Å²) in [5.41, 5.74) is 0.934. The van der Waals surface area contributed by atoms with Gasteiger partial charge in [-0.05, 0) is 12.3 Å². The molecule has 1 aliphatic rings. The van der Waals surface area contributed by atoms with Gasteiger partial charge in [0.25, 0.3) is 0 Å². The smallest absolute Gasteiger partial charge is 0.208 e. The molecule has 0 saturated carbocycles. The van der Waals surface area contributed by atoms with Crippen LogP contribution in [0.15, 0.2) is 6.33 Å². The number of rotatable bonds is 5. The van der Waals surface area contributed by atoms with Gasteiger partial charge in [-0.15, -0.1) is 0 Å². The molecule has 3 rings (SSSR count). The van der Waals surface area contributed by atoms with E-state index in [-0.39, 0.29) is 0 Å². The Hall–Kier alpha value is -2.25. The number of unbranched alkanes of at least 4 members (excludes halogenated alkanes) is 2. The summed E-state index contributed by atoms with van der Waals surface area (Å²) in [5.74, 6) is 6.85. The van der Waals surface area contributed by atoms with Crippen molar-refractivity contribution in [2.24, 2.45) is 0 Å². The third kappa shape index (κ3) is 3.37. The molecule has 0 bridgehead atoms. The molecule has 1 unspecified atom stereocenters. The molecule has 4 N–H and O–H groups in total. The van der Waals surface area contributed by atoms with Gasteiger partial charge in [-0.2, -0.15) is 0 Å². The lowest BCUT2D eigenvalue weighted by atomic mass is 10.1. The molecule has 4 atom stereocenters. The standard InChI is InChI=1S/C17H23N5O4/c1-3-4-5-6-7-11-20-15(18-2)12-16(21-11)22(9-19-12)17-14(25)13(24)10(8-23)26-17/h9-10,13-14,17,23-25H,3-5,8H2,1-2H3,(H,18,20,21)/t10-,13-,14-,17?/m1/s1. The molecule has 1 aliphatic heterocycles. The molecule has 140 valence electrons. The van der Waals surface area contributed by atoms with E-state index in [1.807, 2.05) is 0 Å². The monoisotopic (exact) mass is 361 g/mol. The molecule has 2 aromatic rings. The fourth-order valence-electron chi connectivity index (χ4n) is 2.85. The number of imidazole rings is 1. The van der Waals surface area contributed by atoms with Gasteiger partial charge < -0.3 is 25.4 Å². The lowest BCUT2D eigenvalue weighted by Crippen LogP contribution is -2.33. The van der Waals surface area contributed by atoms with Crippen LogP contribution in [0, 0.1) is 11.8 Å². The van der Waals surface area contributed by atoms with E-state index >= 15 is 0 Å². The number of aliphatic hydroxyl groups is 3. The van der Waals surface area contributed by atoms with Gasteiger partial charge in [-0.3, -0.25) is 4.57 Å². The second kappa shape index (κ2) is 7.97. The average molecular weight is 361 g/mol. The summed E-state index contributed by atoms with van der Waals surface area (Å²) in [6.45, 7) is 1.70. The highest BCUT2D eigenvalue weighted by atomic mass is 16.6. The minimum Gasteiger partial charge on any atom is -0.394 e. The highest BCUT2D eigenvalue weighted by Crippen LogP contribution is 2.32. The zero-order chi connectivity index (χ0) is 18.7. The van der Waals surface area contributed by atoms with E-state index in [4.69, 9.17) is 4.74 Å². The number of aliphatic hydroxyl groups excluding tert-OH is 3. The Balaban J connectivity index is 2.00. The molecular weight excluding hydrogens is 338 g/mol. The van der Waals surface area contributed by atoms with Crippen molar-refractivity contribution in [3.05, 3.63) is 12.2 Å². The van der Waals surface area contributed by atoms with Gasteiger partial charge in [0, 0.05) is 13.5 Å². The summed E-state index contributed by atoms with van der Waals surface area (Å²) < 4.78 is 7.10. The second-order valence-electron chi connectivity index (χ2n) is 6.10. The maximum atomic E-state index is 10.3. The molecule has 0 spiro atoms. The number of ether oxygens (including phenoxy) is 1. The molecule has 9 nitrogen and oxygen atoms in total. The first-order chi connectivity index (χ1) is 12.6. The van der Waals surface area contributed by atoms with Crippen molar-refractivity contribution in [2.45, 2.75) is 50.7 Å². The Morgan fingerprint density at radius 1 is 1.31 bits per heavy atom. The van der Waals surface area contributed by atoms with Crippen LogP contribution in [0.1, 0.15) is 38.2 Å². The van der Waals surface area contributed by atoms with Gasteiger partial charge in [0.05, 0.1) is 12.9 Å². The van der Waals surface area contributed by atoms with E-state index in [1.165, 1.54) is 10.9 Å². The van der Waals surface area contributed by atoms with Crippen molar-refractivity contribution in [3.63, 3.8) is 0 Å². The Labute approximate surface area is 151 Å². The Kier molecular flexibility index (Phi) is 5.68. The van der Waals surface area contributed by atoms with Crippen molar-refractivity contribution in [2.75, 3.05) is 19.0 Å². The third-order valence-corrected chi connectivity index (χ3v) is 4.31. The molecule has 0 amide bonds. The van der Waals surface area contributed by atoms with Crippen LogP contribution < -0.4 is 5.32 Å². The Morgan fingerprint density at radius 2 is 2.12 bits per heavy atom. The third-order valence-electron chi connectivity index (χ3n) is 4.31. The number of aromatic nitrogens is 4. The number of hydrogen-bond donors (Lipinski definition) is 4. The zero-order valence-electron chi connectivity index (χ0n) is 14.8. The highest BCUT2D eigenvalue weighted by molar-refractivity contribution is 5.83. The maximum Gasteiger partial charge on any atom is 0.208 e. The van der Waals surface area contributed by atoms with Crippen LogP contribution in [0.2, 0.25) is 0 Å². The lowest BCUT2D eigenvalue weighted by molar-refractivity contribution is -0.0511. The Bertz CT molecular complexity index is 828. The largest absolute Gasteiger partial charge is 0.394 e. The minimum absolute atomic E-state index is 0.339. The number of anilines is 1. The molecule has 0 aliphatic carbocycles. The van der Waals surface area contributed by atoms with E-state index in [0.717, 1.165) is 19.3 Å². The predicted molar refractivity (Wildman–Crippen MR) is 94.3 cm³/mol. The van der Waals surface area contributed by atoms with Gasteiger partial charge in [0.2, 0.25) is 5.82 Å². The van der Waals surface area contributed by atoms with Crippen molar-refractivity contribution in [1.29, 1.82) is 0 Å². The van der Waals surface area contributed by atoms with Crippen LogP contribution in [0.3, 0.4) is 0 Å². The lowest BCUT2D eigenvalue weighted by Gasteiger charge is -2.16. The van der Waals surface area contributed by atoms with E-state index in [9.17, 15) is 15.3 Å². The van der Waals surface area contributed by atoms with E-state index in [2.05, 4.69) is 39.0 Å². The van der Waals surface area contributed by atoms with Crippen LogP contribution >= 0.6 is 0 Å². The van der Waals surface area contributed by atoms with Gasteiger partial charge in [0.1, 0.15) is 18.3 Å². The SMILES string of the molecule is CCCCC#Cc1nc(NC)c2ncn(C3O[C@H](CO)[C@@H](O)[C@H]3O)c2n1. The first kappa shape index (κ1) is 18.5. The molecular formula is C17H23N5O4. The summed E-state index contributed by atoms with van der Waals surface area (Å²) >= 11 is 0. The molecule has 26 heavy (non-hydrogen) atoms. The van der Waals surface area contributed by atoms with Gasteiger partial charge in [0.15, 0.2) is 23.2 Å². The Morgan fingerprint density at radius 3 is 2.77 bits per heavy atom. The highest BCUT2D eigenvalue weighted by Gasteiger charge is 2.44. The number of nitrogens with one attached hydrogen (secondary N) is 1. The molecule has 2 aromatic heterocycles. The van der Waals surface area contributed by atoms with Gasteiger partial charge in [-0.1, -0.05) is 19.3 Å². The topological polar surface area (TPSA) is 126 Å². The average Bonchev–Trinajstić information content (AvgIpc) is 3.19. The molecule has 9 heteroatoms. The van der Waals surface area contributed by atoms with E-state index in [1.54, 1.807) is 7.05 Å². The first-order valence-electron chi connectivity index (χ1n) is 8.64. The molecule has 0 radical (unpaired) electrons. The predicted octanol–water partition coefficient (Wildman–Crippen LogP) is 0.0212.